The zero-order valence-corrected chi connectivity index (χ0v) is 8.76. The van der Waals surface area contributed by atoms with E-state index in [0.717, 1.165) is 37.6 Å². The van der Waals surface area contributed by atoms with E-state index in [1.165, 1.54) is 0 Å². The van der Waals surface area contributed by atoms with E-state index in [9.17, 15) is 0 Å². The summed E-state index contributed by atoms with van der Waals surface area (Å²) in [7, 11) is 1.71. The molecule has 0 aliphatic heterocycles. The van der Waals surface area contributed by atoms with Gasteiger partial charge in [0.05, 0.1) is 0 Å². The second-order valence-corrected chi connectivity index (χ2v) is 3.21. The molecule has 0 unspecified atom stereocenters. The van der Waals surface area contributed by atoms with E-state index in [1.807, 2.05) is 6.92 Å². The van der Waals surface area contributed by atoms with Crippen molar-refractivity contribution in [3.05, 3.63) is 5.82 Å². The van der Waals surface area contributed by atoms with Crippen LogP contribution in [0, 0.1) is 6.92 Å². The van der Waals surface area contributed by atoms with Crippen molar-refractivity contribution in [3.63, 3.8) is 0 Å². The minimum Gasteiger partial charge on any atom is -0.385 e. The van der Waals surface area contributed by atoms with Gasteiger partial charge in [-0.15, -0.1) is 0 Å². The molecule has 0 amide bonds. The minimum absolute atomic E-state index is 0.606. The molecule has 1 aromatic heterocycles. The molecule has 0 fully saturated rings. The molecule has 0 spiro atoms. The SMILES string of the molecule is COCCCCNc1nc(C)[nH]c1N. The number of hydrogen-bond donors (Lipinski definition) is 3. The van der Waals surface area contributed by atoms with Crippen LogP contribution in [-0.2, 0) is 4.74 Å². The molecule has 1 rings (SSSR count). The van der Waals surface area contributed by atoms with Crippen LogP contribution in [0.3, 0.4) is 0 Å². The van der Waals surface area contributed by atoms with Crippen LogP contribution in [0.2, 0.25) is 0 Å². The van der Waals surface area contributed by atoms with Crippen LogP contribution in [0.25, 0.3) is 0 Å². The molecule has 4 N–H and O–H groups in total. The Bertz CT molecular complexity index is 272. The number of nitrogens with one attached hydrogen (secondary N) is 2. The first kappa shape index (κ1) is 10.8. The van der Waals surface area contributed by atoms with E-state index in [-0.39, 0.29) is 0 Å². The normalized spacial score (nSPS) is 10.4. The molecule has 0 saturated carbocycles. The van der Waals surface area contributed by atoms with E-state index in [0.29, 0.717) is 5.82 Å². The molecule has 0 aliphatic carbocycles. The number of ether oxygens (including phenoxy) is 1. The maximum Gasteiger partial charge on any atom is 0.168 e. The Morgan fingerprint density at radius 3 is 2.86 bits per heavy atom. The van der Waals surface area contributed by atoms with Crippen LogP contribution in [-0.4, -0.2) is 30.2 Å². The van der Waals surface area contributed by atoms with Gasteiger partial charge in [-0.2, -0.15) is 0 Å². The average molecular weight is 198 g/mol. The molecule has 5 nitrogen and oxygen atoms in total. The number of rotatable bonds is 6. The van der Waals surface area contributed by atoms with Gasteiger partial charge in [0.1, 0.15) is 11.6 Å². The van der Waals surface area contributed by atoms with Crippen molar-refractivity contribution >= 4 is 11.6 Å². The lowest BCUT2D eigenvalue weighted by Gasteiger charge is -2.03. The Labute approximate surface area is 84.1 Å². The second kappa shape index (κ2) is 5.49. The molecule has 0 radical (unpaired) electrons. The summed E-state index contributed by atoms with van der Waals surface area (Å²) in [4.78, 5) is 7.14. The quantitative estimate of drug-likeness (QED) is 0.599. The van der Waals surface area contributed by atoms with Crippen LogP contribution in [0.1, 0.15) is 18.7 Å². The van der Waals surface area contributed by atoms with E-state index in [4.69, 9.17) is 10.5 Å². The topological polar surface area (TPSA) is 76.0 Å². The third kappa shape index (κ3) is 3.26. The predicted octanol–water partition coefficient (Wildman–Crippen LogP) is 1.14. The van der Waals surface area contributed by atoms with E-state index >= 15 is 0 Å². The first-order chi connectivity index (χ1) is 6.74. The first-order valence-corrected chi connectivity index (χ1v) is 4.79. The molecule has 0 bridgehead atoms. The molecule has 1 heterocycles. The van der Waals surface area contributed by atoms with Crippen molar-refractivity contribution in [2.75, 3.05) is 31.3 Å². The first-order valence-electron chi connectivity index (χ1n) is 4.79. The summed E-state index contributed by atoms with van der Waals surface area (Å²) in [6, 6.07) is 0. The zero-order chi connectivity index (χ0) is 10.4. The Morgan fingerprint density at radius 1 is 1.50 bits per heavy atom. The van der Waals surface area contributed by atoms with Gasteiger partial charge in [-0.1, -0.05) is 0 Å². The fourth-order valence-corrected chi connectivity index (χ4v) is 1.22. The third-order valence-corrected chi connectivity index (χ3v) is 1.92. The van der Waals surface area contributed by atoms with E-state index in [2.05, 4.69) is 15.3 Å². The highest BCUT2D eigenvalue weighted by atomic mass is 16.5. The molecule has 1 aromatic rings. The maximum atomic E-state index is 5.68. The third-order valence-electron chi connectivity index (χ3n) is 1.92. The highest BCUT2D eigenvalue weighted by Gasteiger charge is 2.02. The van der Waals surface area contributed by atoms with Gasteiger partial charge in [-0.25, -0.2) is 4.98 Å². The van der Waals surface area contributed by atoms with Crippen LogP contribution in [0.15, 0.2) is 0 Å². The van der Waals surface area contributed by atoms with Crippen molar-refractivity contribution in [1.29, 1.82) is 0 Å². The number of nitrogen functional groups attached to an aromatic ring is 1. The Balaban J connectivity index is 2.21. The van der Waals surface area contributed by atoms with Crippen LogP contribution in [0.4, 0.5) is 11.6 Å². The van der Waals surface area contributed by atoms with Gasteiger partial charge in [0.15, 0.2) is 5.82 Å². The van der Waals surface area contributed by atoms with Crippen molar-refractivity contribution in [2.45, 2.75) is 19.8 Å². The van der Waals surface area contributed by atoms with Crippen molar-refractivity contribution in [3.8, 4) is 0 Å². The molecule has 0 aromatic carbocycles. The predicted molar refractivity (Wildman–Crippen MR) is 57.3 cm³/mol. The monoisotopic (exact) mass is 198 g/mol. The number of nitrogens with two attached hydrogens (primary N) is 1. The smallest absolute Gasteiger partial charge is 0.168 e. The molecule has 0 aliphatic rings. The highest BCUT2D eigenvalue weighted by molar-refractivity contribution is 5.56. The largest absolute Gasteiger partial charge is 0.385 e. The summed E-state index contributed by atoms with van der Waals surface area (Å²) >= 11 is 0. The number of anilines is 2. The van der Waals surface area contributed by atoms with Gasteiger partial charge >= 0.3 is 0 Å². The summed E-state index contributed by atoms with van der Waals surface area (Å²) in [5.74, 6) is 2.19. The molecule has 0 saturated heterocycles. The molecular weight excluding hydrogens is 180 g/mol. The Hall–Kier alpha value is -1.23. The fraction of sp³-hybridized carbons (Fsp3) is 0.667. The van der Waals surface area contributed by atoms with Crippen LogP contribution in [0.5, 0.6) is 0 Å². The molecular formula is C9H18N4O. The van der Waals surface area contributed by atoms with Gasteiger partial charge < -0.3 is 20.8 Å². The van der Waals surface area contributed by atoms with Gasteiger partial charge in [-0.05, 0) is 19.8 Å². The van der Waals surface area contributed by atoms with E-state index < -0.39 is 0 Å². The summed E-state index contributed by atoms with van der Waals surface area (Å²) in [6.45, 7) is 3.56. The Kier molecular flexibility index (Phi) is 4.25. The summed E-state index contributed by atoms with van der Waals surface area (Å²) < 4.78 is 4.95. The van der Waals surface area contributed by atoms with Gasteiger partial charge in [-0.3, -0.25) is 0 Å². The van der Waals surface area contributed by atoms with Gasteiger partial charge in [0.2, 0.25) is 0 Å². The van der Waals surface area contributed by atoms with Crippen molar-refractivity contribution in [1.82, 2.24) is 9.97 Å². The number of aryl methyl sites for hydroxylation is 1. The number of unbranched alkanes of at least 4 members (excludes halogenated alkanes) is 1. The number of hydrogen-bond acceptors (Lipinski definition) is 4. The lowest BCUT2D eigenvalue weighted by atomic mass is 10.3. The summed E-state index contributed by atoms with van der Waals surface area (Å²) in [5, 5.41) is 3.17. The van der Waals surface area contributed by atoms with Crippen molar-refractivity contribution < 1.29 is 4.74 Å². The number of aromatic nitrogens is 2. The summed E-state index contributed by atoms with van der Waals surface area (Å²) in [5.41, 5.74) is 5.68. The van der Waals surface area contributed by atoms with Crippen LogP contribution < -0.4 is 11.1 Å². The second-order valence-electron chi connectivity index (χ2n) is 3.21. The lowest BCUT2D eigenvalue weighted by Crippen LogP contribution is -2.05. The Morgan fingerprint density at radius 2 is 2.29 bits per heavy atom. The number of aromatic amines is 1. The van der Waals surface area contributed by atoms with Crippen molar-refractivity contribution in [2.24, 2.45) is 0 Å². The highest BCUT2D eigenvalue weighted by Crippen LogP contribution is 2.13. The van der Waals surface area contributed by atoms with Crippen LogP contribution >= 0.6 is 0 Å². The zero-order valence-electron chi connectivity index (χ0n) is 8.76. The standard InChI is InChI=1S/C9H18N4O/c1-7-12-8(10)9(13-7)11-5-3-4-6-14-2/h11H,3-6,10H2,1-2H3,(H,12,13). The molecule has 80 valence electrons. The maximum absolute atomic E-state index is 5.68. The molecule has 0 atom stereocenters. The van der Waals surface area contributed by atoms with E-state index in [1.54, 1.807) is 7.11 Å². The number of imidazole rings is 1. The molecule has 5 heteroatoms. The van der Waals surface area contributed by atoms with Gasteiger partial charge in [0.25, 0.3) is 0 Å². The number of methoxy groups -OCH3 is 1. The fourth-order valence-electron chi connectivity index (χ4n) is 1.22. The number of H-pyrrole nitrogens is 1. The average Bonchev–Trinajstić information content (AvgIpc) is 2.45. The minimum atomic E-state index is 0.606. The summed E-state index contributed by atoms with van der Waals surface area (Å²) in [6.07, 6.45) is 2.10. The lowest BCUT2D eigenvalue weighted by molar-refractivity contribution is 0.194. The number of nitrogens with zero attached hydrogens (tertiary/aromatic N) is 1. The molecule has 14 heavy (non-hydrogen) atoms. The van der Waals surface area contributed by atoms with Gasteiger partial charge in [0, 0.05) is 20.3 Å².